The lowest BCUT2D eigenvalue weighted by Gasteiger charge is -2.45. The molecular weight excluding hydrogens is 224 g/mol. The summed E-state index contributed by atoms with van der Waals surface area (Å²) in [6, 6.07) is 6.21. The number of ketones is 1. The van der Waals surface area contributed by atoms with Crippen LogP contribution in [0.5, 0.6) is 5.75 Å². The van der Waals surface area contributed by atoms with Gasteiger partial charge in [0.05, 0.1) is 7.11 Å². The van der Waals surface area contributed by atoms with Crippen molar-refractivity contribution in [2.75, 3.05) is 7.11 Å². The van der Waals surface area contributed by atoms with E-state index in [2.05, 4.69) is 19.1 Å². The highest BCUT2D eigenvalue weighted by Gasteiger charge is 2.45. The standard InChI is InChI=1S/C16H20O2/c1-16-8-3-4-14(17)15(16)13-6-5-12(18-2)10-11(13)7-9-16/h5-6,10,15H,3-4,7-9H2,1-2H3/t15-,16-/m1/s1. The summed E-state index contributed by atoms with van der Waals surface area (Å²) in [6.07, 6.45) is 5.22. The second kappa shape index (κ2) is 4.11. The molecule has 2 aliphatic rings. The normalized spacial score (nSPS) is 30.6. The number of fused-ring (bicyclic) bond motifs is 3. The highest BCUT2D eigenvalue weighted by molar-refractivity contribution is 5.88. The van der Waals surface area contributed by atoms with Gasteiger partial charge in [-0.2, -0.15) is 0 Å². The number of methoxy groups -OCH3 is 1. The van der Waals surface area contributed by atoms with Crippen LogP contribution < -0.4 is 4.74 Å². The predicted molar refractivity (Wildman–Crippen MR) is 71.0 cm³/mol. The average Bonchev–Trinajstić information content (AvgIpc) is 2.37. The predicted octanol–water partition coefficient (Wildman–Crippen LogP) is 3.48. The molecule has 0 amide bonds. The fourth-order valence-corrected chi connectivity index (χ4v) is 3.79. The minimum absolute atomic E-state index is 0.126. The lowest BCUT2D eigenvalue weighted by atomic mass is 9.58. The summed E-state index contributed by atoms with van der Waals surface area (Å²) in [4.78, 5) is 12.3. The highest BCUT2D eigenvalue weighted by atomic mass is 16.5. The lowest BCUT2D eigenvalue weighted by Crippen LogP contribution is -2.39. The number of benzene rings is 1. The second-order valence-electron chi connectivity index (χ2n) is 5.97. The molecule has 18 heavy (non-hydrogen) atoms. The number of carbonyl (C=O) groups excluding carboxylic acids is 1. The van der Waals surface area contributed by atoms with E-state index in [1.54, 1.807) is 7.11 Å². The highest BCUT2D eigenvalue weighted by Crippen LogP contribution is 2.52. The van der Waals surface area contributed by atoms with Crippen LogP contribution in [0.1, 0.15) is 49.7 Å². The molecule has 2 nitrogen and oxygen atoms in total. The Morgan fingerprint density at radius 3 is 2.89 bits per heavy atom. The van der Waals surface area contributed by atoms with Crippen LogP contribution in [-0.2, 0) is 11.2 Å². The molecule has 1 aromatic rings. The van der Waals surface area contributed by atoms with Crippen LogP contribution in [0.15, 0.2) is 18.2 Å². The van der Waals surface area contributed by atoms with Crippen molar-refractivity contribution in [3.8, 4) is 5.75 Å². The largest absolute Gasteiger partial charge is 0.497 e. The van der Waals surface area contributed by atoms with Crippen molar-refractivity contribution >= 4 is 5.78 Å². The molecule has 2 atom stereocenters. The lowest BCUT2D eigenvalue weighted by molar-refractivity contribution is -0.126. The van der Waals surface area contributed by atoms with Crippen molar-refractivity contribution in [2.45, 2.75) is 44.9 Å². The van der Waals surface area contributed by atoms with Crippen LogP contribution in [0.25, 0.3) is 0 Å². The monoisotopic (exact) mass is 244 g/mol. The first-order chi connectivity index (χ1) is 8.64. The minimum Gasteiger partial charge on any atom is -0.497 e. The van der Waals surface area contributed by atoms with Gasteiger partial charge in [0.1, 0.15) is 11.5 Å². The Kier molecular flexibility index (Phi) is 2.69. The van der Waals surface area contributed by atoms with Crippen LogP contribution in [0.2, 0.25) is 0 Å². The van der Waals surface area contributed by atoms with Crippen molar-refractivity contribution in [2.24, 2.45) is 5.41 Å². The Morgan fingerprint density at radius 1 is 1.28 bits per heavy atom. The van der Waals surface area contributed by atoms with E-state index in [0.717, 1.165) is 31.4 Å². The van der Waals surface area contributed by atoms with E-state index in [9.17, 15) is 4.79 Å². The summed E-state index contributed by atoms with van der Waals surface area (Å²) >= 11 is 0. The van der Waals surface area contributed by atoms with Crippen molar-refractivity contribution < 1.29 is 9.53 Å². The molecule has 2 aliphatic carbocycles. The molecule has 0 saturated heterocycles. The number of carbonyl (C=O) groups is 1. The molecule has 1 fully saturated rings. The Morgan fingerprint density at radius 2 is 2.11 bits per heavy atom. The van der Waals surface area contributed by atoms with Gasteiger partial charge in [-0.3, -0.25) is 4.79 Å². The number of rotatable bonds is 1. The summed E-state index contributed by atoms with van der Waals surface area (Å²) in [5.74, 6) is 1.47. The van der Waals surface area contributed by atoms with Crippen LogP contribution in [-0.4, -0.2) is 12.9 Å². The Hall–Kier alpha value is -1.31. The molecule has 3 rings (SSSR count). The number of hydrogen-bond acceptors (Lipinski definition) is 2. The van der Waals surface area contributed by atoms with E-state index in [1.165, 1.54) is 17.5 Å². The van der Waals surface area contributed by atoms with E-state index in [-0.39, 0.29) is 11.3 Å². The maximum absolute atomic E-state index is 12.3. The van der Waals surface area contributed by atoms with Gasteiger partial charge in [0, 0.05) is 12.3 Å². The maximum atomic E-state index is 12.3. The summed E-state index contributed by atoms with van der Waals surface area (Å²) in [7, 11) is 1.69. The first kappa shape index (κ1) is 11.8. The SMILES string of the molecule is COc1ccc2c(c1)CC[C@@]1(C)CCCC(=O)[C@@H]21. The first-order valence-electron chi connectivity index (χ1n) is 6.83. The molecule has 1 aromatic carbocycles. The molecule has 0 heterocycles. The molecule has 0 N–H and O–H groups in total. The molecule has 0 aromatic heterocycles. The third-order valence-corrected chi connectivity index (χ3v) is 4.82. The zero-order valence-electron chi connectivity index (χ0n) is 11.2. The average molecular weight is 244 g/mol. The van der Waals surface area contributed by atoms with Crippen LogP contribution in [0.4, 0.5) is 0 Å². The van der Waals surface area contributed by atoms with Gasteiger partial charge in [-0.15, -0.1) is 0 Å². The van der Waals surface area contributed by atoms with Gasteiger partial charge in [-0.25, -0.2) is 0 Å². The molecule has 0 bridgehead atoms. The Labute approximate surface area is 108 Å². The smallest absolute Gasteiger partial charge is 0.140 e. The number of aryl methyl sites for hydroxylation is 1. The number of ether oxygens (including phenoxy) is 1. The summed E-state index contributed by atoms with van der Waals surface area (Å²) in [5.41, 5.74) is 2.76. The van der Waals surface area contributed by atoms with Crippen LogP contribution >= 0.6 is 0 Å². The van der Waals surface area contributed by atoms with E-state index in [0.29, 0.717) is 5.78 Å². The zero-order chi connectivity index (χ0) is 12.8. The van der Waals surface area contributed by atoms with Gasteiger partial charge >= 0.3 is 0 Å². The Bertz CT molecular complexity index is 492. The van der Waals surface area contributed by atoms with Gasteiger partial charge in [0.2, 0.25) is 0 Å². The van der Waals surface area contributed by atoms with Crippen molar-refractivity contribution in [1.29, 1.82) is 0 Å². The third kappa shape index (κ3) is 1.66. The van der Waals surface area contributed by atoms with E-state index in [4.69, 9.17) is 4.74 Å². The summed E-state index contributed by atoms with van der Waals surface area (Å²) in [5, 5.41) is 0. The van der Waals surface area contributed by atoms with Gasteiger partial charge in [-0.05, 0) is 54.4 Å². The molecule has 96 valence electrons. The van der Waals surface area contributed by atoms with E-state index >= 15 is 0 Å². The van der Waals surface area contributed by atoms with Gasteiger partial charge in [-0.1, -0.05) is 13.0 Å². The van der Waals surface area contributed by atoms with E-state index < -0.39 is 0 Å². The fraction of sp³-hybridized carbons (Fsp3) is 0.562. The number of Topliss-reactive ketones (excluding diaryl/α,β-unsaturated/α-hetero) is 1. The molecule has 0 spiro atoms. The van der Waals surface area contributed by atoms with Crippen LogP contribution in [0, 0.1) is 5.41 Å². The Balaban J connectivity index is 2.07. The molecule has 0 radical (unpaired) electrons. The summed E-state index contributed by atoms with van der Waals surface area (Å²) in [6.45, 7) is 2.29. The third-order valence-electron chi connectivity index (χ3n) is 4.82. The molecule has 2 heteroatoms. The first-order valence-corrected chi connectivity index (χ1v) is 6.83. The number of hydrogen-bond donors (Lipinski definition) is 0. The van der Waals surface area contributed by atoms with E-state index in [1.807, 2.05) is 6.07 Å². The van der Waals surface area contributed by atoms with Crippen molar-refractivity contribution in [1.82, 2.24) is 0 Å². The quantitative estimate of drug-likeness (QED) is 0.756. The van der Waals surface area contributed by atoms with Gasteiger partial charge < -0.3 is 4.74 Å². The molecule has 0 unspecified atom stereocenters. The van der Waals surface area contributed by atoms with Crippen molar-refractivity contribution in [3.05, 3.63) is 29.3 Å². The van der Waals surface area contributed by atoms with Gasteiger partial charge in [0.15, 0.2) is 0 Å². The maximum Gasteiger partial charge on any atom is 0.140 e. The van der Waals surface area contributed by atoms with Gasteiger partial charge in [0.25, 0.3) is 0 Å². The second-order valence-corrected chi connectivity index (χ2v) is 5.97. The van der Waals surface area contributed by atoms with Crippen LogP contribution in [0.3, 0.4) is 0 Å². The fourth-order valence-electron chi connectivity index (χ4n) is 3.79. The summed E-state index contributed by atoms with van der Waals surface area (Å²) < 4.78 is 5.28. The minimum atomic E-state index is 0.126. The van der Waals surface area contributed by atoms with Crippen molar-refractivity contribution in [3.63, 3.8) is 0 Å². The molecule has 1 saturated carbocycles. The molecular formula is C16H20O2. The topological polar surface area (TPSA) is 26.3 Å². The molecule has 0 aliphatic heterocycles. The zero-order valence-corrected chi connectivity index (χ0v) is 11.2.